The number of aromatic nitrogens is 1. The molecule has 2 aliphatic heterocycles. The first-order valence-corrected chi connectivity index (χ1v) is 11.0. The lowest BCUT2D eigenvalue weighted by atomic mass is 9.71. The topological polar surface area (TPSA) is 110 Å². The van der Waals surface area contributed by atoms with Crippen LogP contribution in [0.25, 0.3) is 0 Å². The van der Waals surface area contributed by atoms with E-state index in [0.717, 1.165) is 0 Å². The van der Waals surface area contributed by atoms with Crippen LogP contribution >= 0.6 is 15.9 Å². The van der Waals surface area contributed by atoms with Gasteiger partial charge in [0.1, 0.15) is 11.6 Å². The van der Waals surface area contributed by atoms with Crippen molar-refractivity contribution in [2.24, 2.45) is 0 Å². The number of nitrogens with one attached hydrogen (secondary N) is 2. The van der Waals surface area contributed by atoms with Crippen molar-refractivity contribution < 1.29 is 27.4 Å². The summed E-state index contributed by atoms with van der Waals surface area (Å²) in [6, 6.07) is 10.3. The summed E-state index contributed by atoms with van der Waals surface area (Å²) in [5, 5.41) is 20.8. The molecule has 1 saturated heterocycles. The number of aryl methyl sites for hydroxylation is 1. The molecule has 176 valence electrons. The SMILES string of the molecule is Cc1noc([C@@H]2[C@@H](c3ccccc3)[C@H](C(F)(F)F)N[C@@]23C(=O)Nc2ccc(Br)cc23)c1[N+](=O)[O-]. The summed E-state index contributed by atoms with van der Waals surface area (Å²) in [5.41, 5.74) is -1.86. The average molecular weight is 537 g/mol. The van der Waals surface area contributed by atoms with Crippen LogP contribution in [-0.4, -0.2) is 28.2 Å². The van der Waals surface area contributed by atoms with Gasteiger partial charge in [-0.15, -0.1) is 0 Å². The second kappa shape index (κ2) is 7.64. The Balaban J connectivity index is 1.87. The number of hydrogen-bond acceptors (Lipinski definition) is 6. The highest BCUT2D eigenvalue weighted by atomic mass is 79.9. The fourth-order valence-corrected chi connectivity index (χ4v) is 5.51. The molecule has 12 heteroatoms. The summed E-state index contributed by atoms with van der Waals surface area (Å²) < 4.78 is 49.3. The van der Waals surface area contributed by atoms with E-state index < -0.39 is 51.9 Å². The van der Waals surface area contributed by atoms with Gasteiger partial charge in [-0.2, -0.15) is 13.2 Å². The smallest absolute Gasteiger partial charge is 0.353 e. The lowest BCUT2D eigenvalue weighted by Crippen LogP contribution is -2.52. The quantitative estimate of drug-likeness (QED) is 0.363. The molecule has 34 heavy (non-hydrogen) atoms. The first-order valence-electron chi connectivity index (χ1n) is 10.2. The normalized spacial score (nSPS) is 26.0. The van der Waals surface area contributed by atoms with Crippen molar-refractivity contribution in [1.82, 2.24) is 10.5 Å². The van der Waals surface area contributed by atoms with E-state index in [1.54, 1.807) is 30.3 Å². The molecule has 2 N–H and O–H groups in total. The molecule has 8 nitrogen and oxygen atoms in total. The minimum atomic E-state index is -4.79. The second-order valence-corrected chi connectivity index (χ2v) is 9.18. The van der Waals surface area contributed by atoms with Crippen LogP contribution in [-0.2, 0) is 10.3 Å². The summed E-state index contributed by atoms with van der Waals surface area (Å²) >= 11 is 3.31. The van der Waals surface area contributed by atoms with E-state index in [1.807, 2.05) is 0 Å². The van der Waals surface area contributed by atoms with Crippen molar-refractivity contribution in [3.8, 4) is 0 Å². The fraction of sp³-hybridized carbons (Fsp3) is 0.273. The minimum absolute atomic E-state index is 0.0923. The molecule has 3 aromatic rings. The third-order valence-electron chi connectivity index (χ3n) is 6.44. The minimum Gasteiger partial charge on any atom is -0.353 e. The van der Waals surface area contributed by atoms with Gasteiger partial charge in [0.15, 0.2) is 5.69 Å². The predicted octanol–water partition coefficient (Wildman–Crippen LogP) is 4.90. The van der Waals surface area contributed by atoms with Crippen molar-refractivity contribution in [1.29, 1.82) is 0 Å². The van der Waals surface area contributed by atoms with Crippen LogP contribution in [0.1, 0.15) is 34.4 Å². The van der Waals surface area contributed by atoms with E-state index >= 15 is 0 Å². The molecule has 0 bridgehead atoms. The van der Waals surface area contributed by atoms with Gasteiger partial charge in [-0.3, -0.25) is 20.2 Å². The lowest BCUT2D eigenvalue weighted by Gasteiger charge is -2.30. The number of fused-ring (bicyclic) bond motifs is 2. The zero-order valence-corrected chi connectivity index (χ0v) is 19.0. The zero-order chi connectivity index (χ0) is 24.4. The zero-order valence-electron chi connectivity index (χ0n) is 17.4. The third-order valence-corrected chi connectivity index (χ3v) is 6.93. The van der Waals surface area contributed by atoms with Crippen molar-refractivity contribution >= 4 is 33.2 Å². The van der Waals surface area contributed by atoms with Gasteiger partial charge in [-0.05, 0) is 30.7 Å². The number of hydrogen-bond donors (Lipinski definition) is 2. The molecule has 0 radical (unpaired) electrons. The Labute approximate surface area is 198 Å². The fourth-order valence-electron chi connectivity index (χ4n) is 5.15. The molecule has 1 aromatic heterocycles. The number of carbonyl (C=O) groups excluding carboxylic acids is 1. The first-order chi connectivity index (χ1) is 16.1. The molecular formula is C22H16BrF3N4O4. The van der Waals surface area contributed by atoms with Gasteiger partial charge in [0, 0.05) is 21.6 Å². The monoisotopic (exact) mass is 536 g/mol. The Morgan fingerprint density at radius 1 is 1.21 bits per heavy atom. The molecule has 3 heterocycles. The van der Waals surface area contributed by atoms with Crippen molar-refractivity contribution in [3.63, 3.8) is 0 Å². The Morgan fingerprint density at radius 2 is 1.91 bits per heavy atom. The molecule has 0 saturated carbocycles. The highest BCUT2D eigenvalue weighted by Crippen LogP contribution is 2.60. The van der Waals surface area contributed by atoms with Gasteiger partial charge in [0.25, 0.3) is 0 Å². The van der Waals surface area contributed by atoms with Crippen molar-refractivity contribution in [3.05, 3.63) is 85.7 Å². The number of amides is 1. The molecule has 1 fully saturated rings. The van der Waals surface area contributed by atoms with Crippen LogP contribution in [0.2, 0.25) is 0 Å². The largest absolute Gasteiger partial charge is 0.404 e. The number of benzene rings is 2. The third kappa shape index (κ3) is 3.16. The van der Waals surface area contributed by atoms with Gasteiger partial charge >= 0.3 is 11.9 Å². The van der Waals surface area contributed by atoms with Gasteiger partial charge < -0.3 is 9.84 Å². The van der Waals surface area contributed by atoms with E-state index in [-0.39, 0.29) is 16.8 Å². The molecule has 0 aliphatic carbocycles. The van der Waals surface area contributed by atoms with Gasteiger partial charge in [0.2, 0.25) is 11.7 Å². The Kier molecular flexibility index (Phi) is 5.06. The molecule has 1 amide bonds. The van der Waals surface area contributed by atoms with E-state index in [9.17, 15) is 28.1 Å². The Hall–Kier alpha value is -3.25. The van der Waals surface area contributed by atoms with Crippen LogP contribution in [0.3, 0.4) is 0 Å². The molecule has 5 rings (SSSR count). The van der Waals surface area contributed by atoms with Crippen LogP contribution < -0.4 is 10.6 Å². The molecular weight excluding hydrogens is 521 g/mol. The lowest BCUT2D eigenvalue weighted by molar-refractivity contribution is -0.386. The summed E-state index contributed by atoms with van der Waals surface area (Å²) in [5.74, 6) is -4.01. The van der Waals surface area contributed by atoms with Crippen LogP contribution in [0, 0.1) is 17.0 Å². The van der Waals surface area contributed by atoms with Crippen molar-refractivity contribution in [2.45, 2.75) is 36.5 Å². The summed E-state index contributed by atoms with van der Waals surface area (Å²) in [6.45, 7) is 1.33. The molecule has 2 aliphatic rings. The van der Waals surface area contributed by atoms with E-state index in [1.165, 1.54) is 25.1 Å². The number of halogens is 4. The van der Waals surface area contributed by atoms with E-state index in [4.69, 9.17) is 4.52 Å². The van der Waals surface area contributed by atoms with E-state index in [0.29, 0.717) is 10.2 Å². The Morgan fingerprint density at radius 3 is 2.56 bits per heavy atom. The molecule has 1 spiro atoms. The van der Waals surface area contributed by atoms with E-state index in [2.05, 4.69) is 31.7 Å². The van der Waals surface area contributed by atoms with Crippen LogP contribution in [0.15, 0.2) is 57.5 Å². The van der Waals surface area contributed by atoms with Gasteiger partial charge in [-0.25, -0.2) is 0 Å². The standard InChI is InChI=1S/C22H16BrF3N4O4/c1-10-17(30(32)33)18(34-29-10)16-15(11-5-3-2-4-6-11)19(22(24,25)26)28-21(16)13-9-12(23)7-8-14(13)27-20(21)31/h2-9,15-16,19,28H,1H3,(H,27,31)/t15-,16+,19-,21-/m1/s1. The van der Waals surface area contributed by atoms with Crippen LogP contribution in [0.4, 0.5) is 24.5 Å². The second-order valence-electron chi connectivity index (χ2n) is 8.27. The number of nitrogens with zero attached hydrogens (tertiary/aromatic N) is 2. The molecule has 4 atom stereocenters. The van der Waals surface area contributed by atoms with Gasteiger partial charge in [-0.1, -0.05) is 51.4 Å². The van der Waals surface area contributed by atoms with Crippen molar-refractivity contribution in [2.75, 3.05) is 5.32 Å². The average Bonchev–Trinajstić information content (AvgIpc) is 3.41. The first kappa shape index (κ1) is 22.5. The maximum absolute atomic E-state index is 14.5. The van der Waals surface area contributed by atoms with Crippen LogP contribution in [0.5, 0.6) is 0 Å². The maximum Gasteiger partial charge on any atom is 0.404 e. The number of carbonyl (C=O) groups is 1. The number of nitro groups is 1. The summed E-state index contributed by atoms with van der Waals surface area (Å²) in [7, 11) is 0. The highest BCUT2D eigenvalue weighted by molar-refractivity contribution is 9.10. The number of rotatable bonds is 3. The Bertz CT molecular complexity index is 1310. The number of alkyl halides is 3. The summed E-state index contributed by atoms with van der Waals surface area (Å²) in [6.07, 6.45) is -4.79. The highest BCUT2D eigenvalue weighted by Gasteiger charge is 2.69. The summed E-state index contributed by atoms with van der Waals surface area (Å²) in [4.78, 5) is 24.7. The maximum atomic E-state index is 14.5. The van der Waals surface area contributed by atoms with Gasteiger partial charge in [0.05, 0.1) is 10.8 Å². The molecule has 0 unspecified atom stereocenters. The predicted molar refractivity (Wildman–Crippen MR) is 117 cm³/mol. The molecule has 2 aromatic carbocycles. The number of anilines is 1.